The molecule has 0 aliphatic rings. The van der Waals surface area contributed by atoms with Gasteiger partial charge in [0.15, 0.2) is 0 Å². The summed E-state index contributed by atoms with van der Waals surface area (Å²) in [4.78, 5) is 3.84. The largest absolute Gasteiger partial charge is 0.573 e. The molecule has 112 valence electrons. The Morgan fingerprint density at radius 2 is 1.81 bits per heavy atom. The Bertz CT molecular complexity index is 645. The zero-order chi connectivity index (χ0) is 15.6. The lowest BCUT2D eigenvalue weighted by molar-refractivity contribution is -0.274. The number of hydrogen-bond acceptors (Lipinski definition) is 3. The third kappa shape index (κ3) is 4.41. The van der Waals surface area contributed by atoms with Crippen LogP contribution in [0.4, 0.5) is 24.7 Å². The van der Waals surface area contributed by atoms with Crippen molar-refractivity contribution in [2.45, 2.75) is 13.3 Å². The summed E-state index contributed by atoms with van der Waals surface area (Å²) in [6.07, 6.45) is -3.76. The van der Waals surface area contributed by atoms with E-state index in [4.69, 9.17) is 23.2 Å². The van der Waals surface area contributed by atoms with Gasteiger partial charge in [-0.15, -0.1) is 13.2 Å². The van der Waals surface area contributed by atoms with Crippen molar-refractivity contribution in [3.63, 3.8) is 0 Å². The summed E-state index contributed by atoms with van der Waals surface area (Å²) in [5, 5.41) is 3.72. The van der Waals surface area contributed by atoms with Crippen molar-refractivity contribution in [2.75, 3.05) is 5.32 Å². The number of aromatic nitrogens is 1. The molecule has 1 aromatic heterocycles. The summed E-state index contributed by atoms with van der Waals surface area (Å²) < 4.78 is 39.8. The van der Waals surface area contributed by atoms with Gasteiger partial charge in [0.2, 0.25) is 0 Å². The van der Waals surface area contributed by atoms with Crippen molar-refractivity contribution >= 4 is 34.7 Å². The monoisotopic (exact) mass is 336 g/mol. The van der Waals surface area contributed by atoms with Crippen LogP contribution in [0.1, 0.15) is 5.56 Å². The van der Waals surface area contributed by atoms with Gasteiger partial charge < -0.3 is 10.1 Å². The van der Waals surface area contributed by atoms with E-state index in [1.165, 1.54) is 6.07 Å². The maximum atomic E-state index is 12.0. The first-order valence-corrected chi connectivity index (χ1v) is 6.44. The minimum absolute atomic E-state index is 0.353. The van der Waals surface area contributed by atoms with E-state index in [9.17, 15) is 13.2 Å². The maximum Gasteiger partial charge on any atom is 0.573 e. The third-order valence-corrected chi connectivity index (χ3v) is 3.22. The second-order valence-electron chi connectivity index (χ2n) is 4.13. The van der Waals surface area contributed by atoms with Crippen LogP contribution < -0.4 is 10.1 Å². The summed E-state index contributed by atoms with van der Waals surface area (Å²) >= 11 is 11.8. The van der Waals surface area contributed by atoms with Gasteiger partial charge in [0.25, 0.3) is 0 Å². The molecule has 0 fully saturated rings. The molecule has 3 nitrogen and oxygen atoms in total. The number of benzene rings is 1. The van der Waals surface area contributed by atoms with E-state index < -0.39 is 6.36 Å². The predicted octanol–water partition coefficient (Wildman–Crippen LogP) is 5.34. The number of halogens is 5. The molecular weight excluding hydrogens is 328 g/mol. The minimum Gasteiger partial charge on any atom is -0.404 e. The molecule has 0 aliphatic heterocycles. The van der Waals surface area contributed by atoms with Crippen LogP contribution in [0.2, 0.25) is 10.0 Å². The Kier molecular flexibility index (Phi) is 4.49. The average Bonchev–Trinajstić information content (AvgIpc) is 2.36. The molecule has 0 radical (unpaired) electrons. The molecule has 0 amide bonds. The molecule has 0 atom stereocenters. The summed E-state index contributed by atoms with van der Waals surface area (Å²) in [5.41, 5.74) is 1.48. The van der Waals surface area contributed by atoms with Gasteiger partial charge in [-0.2, -0.15) is 0 Å². The van der Waals surface area contributed by atoms with Crippen molar-refractivity contribution in [1.29, 1.82) is 0 Å². The Labute approximate surface area is 128 Å². The zero-order valence-electron chi connectivity index (χ0n) is 10.6. The molecule has 0 bridgehead atoms. The fourth-order valence-corrected chi connectivity index (χ4v) is 1.95. The minimum atomic E-state index is -4.74. The summed E-state index contributed by atoms with van der Waals surface area (Å²) in [6.45, 7) is 1.81. The van der Waals surface area contributed by atoms with Gasteiger partial charge in [-0.05, 0) is 36.8 Å². The quantitative estimate of drug-likeness (QED) is 0.821. The lowest BCUT2D eigenvalue weighted by atomic mass is 10.2. The topological polar surface area (TPSA) is 34.1 Å². The number of nitrogens with one attached hydrogen (secondary N) is 1. The molecule has 0 spiro atoms. The van der Waals surface area contributed by atoms with Gasteiger partial charge in [-0.3, -0.25) is 0 Å². The maximum absolute atomic E-state index is 12.0. The van der Waals surface area contributed by atoms with Crippen LogP contribution in [-0.4, -0.2) is 11.3 Å². The first kappa shape index (κ1) is 15.7. The number of pyridine rings is 1. The van der Waals surface area contributed by atoms with Crippen LogP contribution in [0.5, 0.6) is 5.75 Å². The van der Waals surface area contributed by atoms with Gasteiger partial charge in [0.1, 0.15) is 11.6 Å². The van der Waals surface area contributed by atoms with Gasteiger partial charge in [-0.25, -0.2) is 4.98 Å². The normalized spacial score (nSPS) is 11.3. The fourth-order valence-electron chi connectivity index (χ4n) is 1.57. The summed E-state index contributed by atoms with van der Waals surface area (Å²) in [6, 6.07) is 5.81. The number of nitrogens with zero attached hydrogens (tertiary/aromatic N) is 1. The molecule has 2 aromatic rings. The Balaban J connectivity index is 2.16. The summed E-state index contributed by atoms with van der Waals surface area (Å²) in [7, 11) is 0. The highest BCUT2D eigenvalue weighted by molar-refractivity contribution is 6.42. The van der Waals surface area contributed by atoms with E-state index in [0.29, 0.717) is 21.6 Å². The highest BCUT2D eigenvalue weighted by Crippen LogP contribution is 2.30. The van der Waals surface area contributed by atoms with Crippen LogP contribution in [-0.2, 0) is 0 Å². The first-order chi connectivity index (χ1) is 9.74. The summed E-state index contributed by atoms with van der Waals surface area (Å²) in [5.74, 6) is -0.0371. The molecule has 1 aromatic carbocycles. The molecule has 0 saturated heterocycles. The Morgan fingerprint density at radius 3 is 2.38 bits per heavy atom. The number of hydrogen-bond donors (Lipinski definition) is 1. The lowest BCUT2D eigenvalue weighted by Crippen LogP contribution is -2.17. The number of anilines is 2. The molecule has 21 heavy (non-hydrogen) atoms. The molecule has 1 N–H and O–H groups in total. The molecule has 0 saturated carbocycles. The molecule has 0 aliphatic carbocycles. The van der Waals surface area contributed by atoms with E-state index >= 15 is 0 Å². The van der Waals surface area contributed by atoms with Crippen molar-refractivity contribution in [1.82, 2.24) is 4.98 Å². The molecule has 1 heterocycles. The third-order valence-electron chi connectivity index (χ3n) is 2.50. The van der Waals surface area contributed by atoms with E-state index in [1.54, 1.807) is 12.1 Å². The molecule has 2 rings (SSSR count). The first-order valence-electron chi connectivity index (χ1n) is 5.69. The van der Waals surface area contributed by atoms with Crippen LogP contribution >= 0.6 is 23.2 Å². The van der Waals surface area contributed by atoms with Crippen molar-refractivity contribution in [2.24, 2.45) is 0 Å². The fraction of sp³-hybridized carbons (Fsp3) is 0.154. The van der Waals surface area contributed by atoms with Crippen molar-refractivity contribution < 1.29 is 17.9 Å². The Morgan fingerprint density at radius 1 is 1.14 bits per heavy atom. The van der Waals surface area contributed by atoms with E-state index in [-0.39, 0.29) is 5.75 Å². The second-order valence-corrected chi connectivity index (χ2v) is 4.95. The smallest absolute Gasteiger partial charge is 0.404 e. The SMILES string of the molecule is Cc1cc(Cl)c(Cl)cc1Nc1ccc(OC(F)(F)F)cn1. The van der Waals surface area contributed by atoms with Crippen LogP contribution in [0.15, 0.2) is 30.5 Å². The number of alkyl halides is 3. The van der Waals surface area contributed by atoms with Crippen LogP contribution in [0.25, 0.3) is 0 Å². The van der Waals surface area contributed by atoms with Gasteiger partial charge in [0, 0.05) is 5.69 Å². The number of rotatable bonds is 3. The number of aryl methyl sites for hydroxylation is 1. The predicted molar refractivity (Wildman–Crippen MR) is 75.4 cm³/mol. The van der Waals surface area contributed by atoms with Gasteiger partial charge in [0.05, 0.1) is 16.2 Å². The standard InChI is InChI=1S/C13H9Cl2F3N2O/c1-7-4-9(14)10(15)5-11(7)20-12-3-2-8(6-19-12)21-13(16,17)18/h2-6H,1H3,(H,19,20). The van der Waals surface area contributed by atoms with Crippen LogP contribution in [0, 0.1) is 6.92 Å². The van der Waals surface area contributed by atoms with E-state index in [0.717, 1.165) is 17.8 Å². The molecule has 8 heteroatoms. The van der Waals surface area contributed by atoms with Gasteiger partial charge in [-0.1, -0.05) is 23.2 Å². The second kappa shape index (κ2) is 5.99. The Hall–Kier alpha value is -1.66. The van der Waals surface area contributed by atoms with Crippen LogP contribution in [0.3, 0.4) is 0 Å². The molecular formula is C13H9Cl2F3N2O. The lowest BCUT2D eigenvalue weighted by Gasteiger charge is -2.12. The van der Waals surface area contributed by atoms with E-state index in [2.05, 4.69) is 15.0 Å². The zero-order valence-corrected chi connectivity index (χ0v) is 12.1. The average molecular weight is 337 g/mol. The molecule has 0 unspecified atom stereocenters. The highest BCUT2D eigenvalue weighted by atomic mass is 35.5. The van der Waals surface area contributed by atoms with Crippen molar-refractivity contribution in [3.05, 3.63) is 46.1 Å². The van der Waals surface area contributed by atoms with Crippen molar-refractivity contribution in [3.8, 4) is 5.75 Å². The van der Waals surface area contributed by atoms with E-state index in [1.807, 2.05) is 6.92 Å². The number of ether oxygens (including phenoxy) is 1. The van der Waals surface area contributed by atoms with Gasteiger partial charge >= 0.3 is 6.36 Å². The highest BCUT2D eigenvalue weighted by Gasteiger charge is 2.31.